The Morgan fingerprint density at radius 3 is 2.83 bits per heavy atom. The van der Waals surface area contributed by atoms with E-state index in [0.29, 0.717) is 17.3 Å². The van der Waals surface area contributed by atoms with Gasteiger partial charge in [0.25, 0.3) is 5.91 Å². The van der Waals surface area contributed by atoms with E-state index in [1.54, 1.807) is 16.9 Å². The first-order valence-corrected chi connectivity index (χ1v) is 8.22. The standard InChI is InChI=1S/C17H20N6O/c1-10(2)23-7-6-15(21-23)20-17(24)12-8-14(11-4-5-11)19-16-13(12)9-18-22(16)3/h6-11H,4-5H2,1-3H3,(H,20,21,24). The molecule has 1 aliphatic carbocycles. The topological polar surface area (TPSA) is 77.6 Å². The van der Waals surface area contributed by atoms with Gasteiger partial charge in [-0.05, 0) is 32.8 Å². The zero-order valence-electron chi connectivity index (χ0n) is 14.0. The molecule has 1 saturated carbocycles. The highest BCUT2D eigenvalue weighted by Crippen LogP contribution is 2.40. The summed E-state index contributed by atoms with van der Waals surface area (Å²) in [7, 11) is 1.85. The number of pyridine rings is 1. The lowest BCUT2D eigenvalue weighted by molar-refractivity contribution is 0.102. The molecule has 0 aromatic carbocycles. The number of hydrogen-bond donors (Lipinski definition) is 1. The molecule has 1 aliphatic rings. The van der Waals surface area contributed by atoms with Crippen LogP contribution in [0.4, 0.5) is 5.82 Å². The number of nitrogens with one attached hydrogen (secondary N) is 1. The molecule has 7 heteroatoms. The van der Waals surface area contributed by atoms with Crippen molar-refractivity contribution in [3.63, 3.8) is 0 Å². The lowest BCUT2D eigenvalue weighted by Crippen LogP contribution is -2.14. The highest BCUT2D eigenvalue weighted by molar-refractivity contribution is 6.11. The zero-order valence-corrected chi connectivity index (χ0v) is 14.0. The van der Waals surface area contributed by atoms with E-state index in [1.165, 1.54) is 0 Å². The first kappa shape index (κ1) is 14.9. The number of carbonyl (C=O) groups is 1. The quantitative estimate of drug-likeness (QED) is 0.800. The van der Waals surface area contributed by atoms with Gasteiger partial charge in [0.1, 0.15) is 0 Å². The minimum atomic E-state index is -0.175. The Bertz CT molecular complexity index is 918. The Morgan fingerprint density at radius 2 is 2.17 bits per heavy atom. The SMILES string of the molecule is CC(C)n1ccc(NC(=O)c2cc(C3CC3)nc3c2cnn3C)n1. The van der Waals surface area contributed by atoms with Gasteiger partial charge in [-0.3, -0.25) is 14.2 Å². The Hall–Kier alpha value is -2.70. The predicted octanol–water partition coefficient (Wildman–Crippen LogP) is 2.88. The Kier molecular flexibility index (Phi) is 3.37. The van der Waals surface area contributed by atoms with Crippen LogP contribution in [0.1, 0.15) is 54.7 Å². The van der Waals surface area contributed by atoms with Crippen molar-refractivity contribution < 1.29 is 4.79 Å². The summed E-state index contributed by atoms with van der Waals surface area (Å²) in [6.45, 7) is 4.09. The Labute approximate surface area is 139 Å². The highest BCUT2D eigenvalue weighted by Gasteiger charge is 2.28. The molecule has 124 valence electrons. The molecule has 4 rings (SSSR count). The summed E-state index contributed by atoms with van der Waals surface area (Å²) in [5.41, 5.74) is 2.33. The van der Waals surface area contributed by atoms with Gasteiger partial charge in [-0.2, -0.15) is 10.2 Å². The summed E-state index contributed by atoms with van der Waals surface area (Å²) in [4.78, 5) is 17.5. The number of aryl methyl sites for hydroxylation is 1. The van der Waals surface area contributed by atoms with E-state index in [2.05, 4.69) is 20.5 Å². The Balaban J connectivity index is 1.70. The average molecular weight is 324 g/mol. The van der Waals surface area contributed by atoms with Crippen LogP contribution in [0.15, 0.2) is 24.5 Å². The van der Waals surface area contributed by atoms with Crippen molar-refractivity contribution in [1.29, 1.82) is 0 Å². The molecule has 0 spiro atoms. The molecule has 0 atom stereocenters. The fourth-order valence-electron chi connectivity index (χ4n) is 2.79. The van der Waals surface area contributed by atoms with E-state index in [1.807, 2.05) is 37.8 Å². The number of amides is 1. The van der Waals surface area contributed by atoms with Crippen LogP contribution in [0.2, 0.25) is 0 Å². The monoisotopic (exact) mass is 324 g/mol. The third-order valence-electron chi connectivity index (χ3n) is 4.34. The fraction of sp³-hybridized carbons (Fsp3) is 0.412. The summed E-state index contributed by atoms with van der Waals surface area (Å²) < 4.78 is 3.53. The molecule has 0 saturated heterocycles. The largest absolute Gasteiger partial charge is 0.305 e. The van der Waals surface area contributed by atoms with E-state index >= 15 is 0 Å². The van der Waals surface area contributed by atoms with Gasteiger partial charge in [-0.25, -0.2) is 4.98 Å². The third-order valence-corrected chi connectivity index (χ3v) is 4.34. The average Bonchev–Trinajstić information content (AvgIpc) is 3.19. The van der Waals surface area contributed by atoms with Gasteiger partial charge < -0.3 is 5.32 Å². The normalized spacial score (nSPS) is 14.5. The van der Waals surface area contributed by atoms with Gasteiger partial charge >= 0.3 is 0 Å². The van der Waals surface area contributed by atoms with Crippen molar-refractivity contribution in [2.24, 2.45) is 7.05 Å². The van der Waals surface area contributed by atoms with Crippen molar-refractivity contribution in [2.75, 3.05) is 5.32 Å². The highest BCUT2D eigenvalue weighted by atomic mass is 16.1. The van der Waals surface area contributed by atoms with E-state index in [4.69, 9.17) is 0 Å². The summed E-state index contributed by atoms with van der Waals surface area (Å²) in [6.07, 6.45) is 5.83. The zero-order chi connectivity index (χ0) is 16.8. The number of fused-ring (bicyclic) bond motifs is 1. The van der Waals surface area contributed by atoms with Crippen molar-refractivity contribution in [1.82, 2.24) is 24.5 Å². The van der Waals surface area contributed by atoms with Crippen molar-refractivity contribution in [3.05, 3.63) is 35.8 Å². The molecule has 0 radical (unpaired) electrons. The van der Waals surface area contributed by atoms with Crippen molar-refractivity contribution in [2.45, 2.75) is 38.6 Å². The van der Waals surface area contributed by atoms with Gasteiger partial charge in [0, 0.05) is 37.0 Å². The lowest BCUT2D eigenvalue weighted by Gasteiger charge is -2.07. The first-order valence-electron chi connectivity index (χ1n) is 8.22. The van der Waals surface area contributed by atoms with Gasteiger partial charge in [-0.15, -0.1) is 0 Å². The number of hydrogen-bond acceptors (Lipinski definition) is 4. The van der Waals surface area contributed by atoms with Crippen LogP contribution in [0.3, 0.4) is 0 Å². The molecule has 1 amide bonds. The second-order valence-electron chi connectivity index (χ2n) is 6.60. The van der Waals surface area contributed by atoms with Crippen LogP contribution < -0.4 is 5.32 Å². The molecular weight excluding hydrogens is 304 g/mol. The molecule has 3 aromatic heterocycles. The van der Waals surface area contributed by atoms with E-state index < -0.39 is 0 Å². The van der Waals surface area contributed by atoms with Gasteiger partial charge in [-0.1, -0.05) is 0 Å². The molecule has 0 unspecified atom stereocenters. The van der Waals surface area contributed by atoms with Crippen LogP contribution in [0, 0.1) is 0 Å². The van der Waals surface area contributed by atoms with Crippen molar-refractivity contribution in [3.8, 4) is 0 Å². The van der Waals surface area contributed by atoms with Gasteiger partial charge in [0.2, 0.25) is 0 Å². The molecule has 3 heterocycles. The predicted molar refractivity (Wildman–Crippen MR) is 91.0 cm³/mol. The number of aromatic nitrogens is 5. The van der Waals surface area contributed by atoms with E-state index in [0.717, 1.165) is 29.6 Å². The molecule has 0 aliphatic heterocycles. The maximum Gasteiger partial charge on any atom is 0.257 e. The Morgan fingerprint density at radius 1 is 1.38 bits per heavy atom. The molecule has 1 N–H and O–H groups in total. The van der Waals surface area contributed by atoms with Crippen molar-refractivity contribution >= 4 is 22.8 Å². The smallest absolute Gasteiger partial charge is 0.257 e. The molecule has 0 bridgehead atoms. The summed E-state index contributed by atoms with van der Waals surface area (Å²) >= 11 is 0. The van der Waals surface area contributed by atoms with Crippen LogP contribution in [-0.4, -0.2) is 30.5 Å². The maximum atomic E-state index is 12.8. The second kappa shape index (κ2) is 5.43. The minimum absolute atomic E-state index is 0.175. The fourth-order valence-corrected chi connectivity index (χ4v) is 2.79. The number of carbonyl (C=O) groups excluding carboxylic acids is 1. The number of nitrogens with zero attached hydrogens (tertiary/aromatic N) is 5. The molecule has 3 aromatic rings. The lowest BCUT2D eigenvalue weighted by atomic mass is 10.1. The minimum Gasteiger partial charge on any atom is -0.305 e. The van der Waals surface area contributed by atoms with Crippen LogP contribution in [0.25, 0.3) is 11.0 Å². The van der Waals surface area contributed by atoms with Gasteiger partial charge in [0.15, 0.2) is 11.5 Å². The summed E-state index contributed by atoms with van der Waals surface area (Å²) in [6, 6.07) is 3.96. The van der Waals surface area contributed by atoms with Crippen LogP contribution in [-0.2, 0) is 7.05 Å². The first-order chi connectivity index (χ1) is 11.5. The molecule has 7 nitrogen and oxygen atoms in total. The number of rotatable bonds is 4. The summed E-state index contributed by atoms with van der Waals surface area (Å²) in [5.74, 6) is 0.845. The van der Waals surface area contributed by atoms with E-state index in [9.17, 15) is 4.79 Å². The maximum absolute atomic E-state index is 12.8. The van der Waals surface area contributed by atoms with Crippen LogP contribution >= 0.6 is 0 Å². The third kappa shape index (κ3) is 2.55. The molecule has 24 heavy (non-hydrogen) atoms. The molecular formula is C17H20N6O. The van der Waals surface area contributed by atoms with E-state index in [-0.39, 0.29) is 11.9 Å². The van der Waals surface area contributed by atoms with Gasteiger partial charge in [0.05, 0.1) is 17.1 Å². The second-order valence-corrected chi connectivity index (χ2v) is 6.60. The molecule has 1 fully saturated rings. The summed E-state index contributed by atoms with van der Waals surface area (Å²) in [5, 5.41) is 12.3. The number of anilines is 1. The van der Waals surface area contributed by atoms with Crippen LogP contribution in [0.5, 0.6) is 0 Å².